The third kappa shape index (κ3) is 4.88. The molecule has 0 unspecified atom stereocenters. The molecule has 0 saturated carbocycles. The predicted molar refractivity (Wildman–Crippen MR) is 76.5 cm³/mol. The molecular weight excluding hydrogens is 264 g/mol. The summed E-state index contributed by atoms with van der Waals surface area (Å²) in [6, 6.07) is 6.68. The number of guanidine groups is 1. The second-order valence-electron chi connectivity index (χ2n) is 4.35. The summed E-state index contributed by atoms with van der Waals surface area (Å²) in [5, 5.41) is 0. The summed E-state index contributed by atoms with van der Waals surface area (Å²) in [5.74, 6) is 0.370. The molecule has 19 heavy (non-hydrogen) atoms. The molecule has 0 radical (unpaired) electrons. The summed E-state index contributed by atoms with van der Waals surface area (Å²) >= 11 is 0. The maximum Gasteiger partial charge on any atom is 0.240 e. The fraction of sp³-hybridized carbons (Fsp3) is 0.417. The zero-order valence-electron chi connectivity index (χ0n) is 11.4. The maximum atomic E-state index is 11.9. The minimum Gasteiger partial charge on any atom is -0.370 e. The van der Waals surface area contributed by atoms with Gasteiger partial charge in [-0.15, -0.1) is 0 Å². The van der Waals surface area contributed by atoms with E-state index in [0.29, 0.717) is 12.5 Å². The average molecular weight is 284 g/mol. The number of benzene rings is 1. The van der Waals surface area contributed by atoms with Crippen LogP contribution in [0.5, 0.6) is 0 Å². The second-order valence-corrected chi connectivity index (χ2v) is 6.11. The molecule has 0 amide bonds. The van der Waals surface area contributed by atoms with E-state index < -0.39 is 10.0 Å². The van der Waals surface area contributed by atoms with Crippen molar-refractivity contribution in [2.24, 2.45) is 10.7 Å². The molecule has 0 saturated heterocycles. The molecule has 0 bridgehead atoms. The van der Waals surface area contributed by atoms with Crippen LogP contribution in [0.1, 0.15) is 5.56 Å². The number of hydrogen-bond acceptors (Lipinski definition) is 3. The molecule has 1 aromatic carbocycles. The Labute approximate surface area is 114 Å². The van der Waals surface area contributed by atoms with Crippen LogP contribution in [-0.4, -0.2) is 46.5 Å². The Balaban J connectivity index is 2.57. The van der Waals surface area contributed by atoms with Gasteiger partial charge in [0.1, 0.15) is 0 Å². The topological polar surface area (TPSA) is 87.8 Å². The summed E-state index contributed by atoms with van der Waals surface area (Å²) < 4.78 is 26.3. The Morgan fingerprint density at radius 2 is 1.89 bits per heavy atom. The van der Waals surface area contributed by atoms with Gasteiger partial charge in [0.15, 0.2) is 5.96 Å². The number of nitrogens with one attached hydrogen (secondary N) is 1. The molecule has 1 aromatic rings. The Hall–Kier alpha value is -1.60. The molecule has 1 rings (SSSR count). The Morgan fingerprint density at radius 1 is 1.32 bits per heavy atom. The first-order chi connectivity index (χ1) is 8.83. The van der Waals surface area contributed by atoms with Crippen LogP contribution in [0.2, 0.25) is 0 Å². The molecule has 0 aliphatic rings. The highest BCUT2D eigenvalue weighted by molar-refractivity contribution is 7.89. The molecule has 0 fully saturated rings. The van der Waals surface area contributed by atoms with Gasteiger partial charge in [-0.1, -0.05) is 17.7 Å². The fourth-order valence-corrected chi connectivity index (χ4v) is 2.31. The van der Waals surface area contributed by atoms with E-state index in [2.05, 4.69) is 9.71 Å². The van der Waals surface area contributed by atoms with Crippen molar-refractivity contribution in [3.63, 3.8) is 0 Å². The van der Waals surface area contributed by atoms with Gasteiger partial charge in [-0.3, -0.25) is 4.99 Å². The zero-order valence-corrected chi connectivity index (χ0v) is 12.2. The van der Waals surface area contributed by atoms with Gasteiger partial charge >= 0.3 is 0 Å². The van der Waals surface area contributed by atoms with Crippen LogP contribution in [-0.2, 0) is 10.0 Å². The lowest BCUT2D eigenvalue weighted by Gasteiger charge is -2.10. The van der Waals surface area contributed by atoms with Gasteiger partial charge in [-0.25, -0.2) is 13.1 Å². The van der Waals surface area contributed by atoms with E-state index in [1.807, 2.05) is 6.92 Å². The van der Waals surface area contributed by atoms with E-state index in [-0.39, 0.29) is 11.4 Å². The number of hydrogen-bond donors (Lipinski definition) is 2. The van der Waals surface area contributed by atoms with Crippen molar-refractivity contribution in [3.05, 3.63) is 29.8 Å². The van der Waals surface area contributed by atoms with Crippen LogP contribution < -0.4 is 10.5 Å². The molecule has 106 valence electrons. The highest BCUT2D eigenvalue weighted by Gasteiger charge is 2.12. The van der Waals surface area contributed by atoms with Crippen LogP contribution in [0.3, 0.4) is 0 Å². The SMILES string of the molecule is Cc1ccc(S(=O)(=O)NCCN=C(N)N(C)C)cc1. The Kier molecular flexibility index (Phi) is 5.31. The molecule has 0 aromatic heterocycles. The van der Waals surface area contributed by atoms with Gasteiger partial charge in [0.25, 0.3) is 0 Å². The van der Waals surface area contributed by atoms with Crippen LogP contribution in [0.25, 0.3) is 0 Å². The number of aliphatic imine (C=N–C) groups is 1. The van der Waals surface area contributed by atoms with E-state index in [1.54, 1.807) is 43.3 Å². The van der Waals surface area contributed by atoms with Crippen molar-refractivity contribution in [2.45, 2.75) is 11.8 Å². The Morgan fingerprint density at radius 3 is 2.42 bits per heavy atom. The second kappa shape index (κ2) is 6.53. The first kappa shape index (κ1) is 15.5. The molecule has 0 aliphatic heterocycles. The lowest BCUT2D eigenvalue weighted by atomic mass is 10.2. The normalized spacial score (nSPS) is 12.5. The van der Waals surface area contributed by atoms with Crippen molar-refractivity contribution >= 4 is 16.0 Å². The number of nitrogens with two attached hydrogens (primary N) is 1. The van der Waals surface area contributed by atoms with Gasteiger partial charge in [-0.05, 0) is 19.1 Å². The third-order valence-corrected chi connectivity index (χ3v) is 3.94. The van der Waals surface area contributed by atoms with Crippen LogP contribution in [0, 0.1) is 6.92 Å². The lowest BCUT2D eigenvalue weighted by Crippen LogP contribution is -2.32. The lowest BCUT2D eigenvalue weighted by molar-refractivity contribution is 0.580. The summed E-state index contributed by atoms with van der Waals surface area (Å²) in [6.45, 7) is 2.42. The monoisotopic (exact) mass is 284 g/mol. The van der Waals surface area contributed by atoms with E-state index in [9.17, 15) is 8.42 Å². The molecule has 0 spiro atoms. The van der Waals surface area contributed by atoms with Gasteiger partial charge in [0.05, 0.1) is 11.4 Å². The number of aryl methyl sites for hydroxylation is 1. The Bertz CT molecular complexity index is 535. The molecule has 3 N–H and O–H groups in total. The van der Waals surface area contributed by atoms with E-state index in [1.165, 1.54) is 0 Å². The highest BCUT2D eigenvalue weighted by Crippen LogP contribution is 2.09. The number of sulfonamides is 1. The molecule has 7 heteroatoms. The van der Waals surface area contributed by atoms with Gasteiger partial charge in [0, 0.05) is 20.6 Å². The van der Waals surface area contributed by atoms with E-state index >= 15 is 0 Å². The van der Waals surface area contributed by atoms with Crippen molar-refractivity contribution in [1.29, 1.82) is 0 Å². The molecule has 0 heterocycles. The minimum absolute atomic E-state index is 0.213. The van der Waals surface area contributed by atoms with Crippen molar-refractivity contribution in [3.8, 4) is 0 Å². The fourth-order valence-electron chi connectivity index (χ4n) is 1.29. The van der Waals surface area contributed by atoms with Gasteiger partial charge in [-0.2, -0.15) is 0 Å². The quantitative estimate of drug-likeness (QED) is 0.458. The first-order valence-corrected chi connectivity index (χ1v) is 7.35. The van der Waals surface area contributed by atoms with Crippen molar-refractivity contribution in [2.75, 3.05) is 27.2 Å². The third-order valence-electron chi connectivity index (χ3n) is 2.47. The van der Waals surface area contributed by atoms with Crippen LogP contribution in [0.4, 0.5) is 0 Å². The van der Waals surface area contributed by atoms with Crippen molar-refractivity contribution < 1.29 is 8.42 Å². The smallest absolute Gasteiger partial charge is 0.240 e. The largest absolute Gasteiger partial charge is 0.370 e. The molecule has 6 nitrogen and oxygen atoms in total. The zero-order chi connectivity index (χ0) is 14.5. The standard InChI is InChI=1S/C12H20N4O2S/c1-10-4-6-11(7-5-10)19(17,18)15-9-8-14-12(13)16(2)3/h4-7,15H,8-9H2,1-3H3,(H2,13,14). The van der Waals surface area contributed by atoms with E-state index in [4.69, 9.17) is 5.73 Å². The van der Waals surface area contributed by atoms with Crippen LogP contribution in [0.15, 0.2) is 34.2 Å². The predicted octanol–water partition coefficient (Wildman–Crippen LogP) is 0.150. The summed E-state index contributed by atoms with van der Waals surface area (Å²) in [5.41, 5.74) is 6.61. The molecule has 0 aliphatic carbocycles. The van der Waals surface area contributed by atoms with Crippen LogP contribution >= 0.6 is 0 Å². The summed E-state index contributed by atoms with van der Waals surface area (Å²) in [4.78, 5) is 5.94. The minimum atomic E-state index is -3.47. The average Bonchev–Trinajstić information content (AvgIpc) is 2.34. The number of rotatable bonds is 5. The van der Waals surface area contributed by atoms with Crippen molar-refractivity contribution in [1.82, 2.24) is 9.62 Å². The summed E-state index contributed by atoms with van der Waals surface area (Å²) in [7, 11) is 0.0773. The first-order valence-electron chi connectivity index (χ1n) is 5.86. The molecular formula is C12H20N4O2S. The maximum absolute atomic E-state index is 11.9. The number of nitrogens with zero attached hydrogens (tertiary/aromatic N) is 2. The summed E-state index contributed by atoms with van der Waals surface area (Å²) in [6.07, 6.45) is 0. The highest BCUT2D eigenvalue weighted by atomic mass is 32.2. The molecule has 0 atom stereocenters. The van der Waals surface area contributed by atoms with Gasteiger partial charge < -0.3 is 10.6 Å². The van der Waals surface area contributed by atoms with Gasteiger partial charge in [0.2, 0.25) is 10.0 Å². The van der Waals surface area contributed by atoms with E-state index in [0.717, 1.165) is 5.56 Å².